The molecule has 0 amide bonds. The van der Waals surface area contributed by atoms with Crippen LogP contribution in [-0.2, 0) is 14.2 Å². The SMILES string of the molecule is CCCCCOC1COC(C2CCC(C#N)CC2)OC1. The summed E-state index contributed by atoms with van der Waals surface area (Å²) in [6.07, 6.45) is 7.64. The van der Waals surface area contributed by atoms with Crippen LogP contribution in [-0.4, -0.2) is 32.2 Å². The molecule has 0 N–H and O–H groups in total. The highest BCUT2D eigenvalue weighted by Crippen LogP contribution is 2.33. The van der Waals surface area contributed by atoms with E-state index in [1.165, 1.54) is 12.8 Å². The lowest BCUT2D eigenvalue weighted by Gasteiger charge is -2.36. The van der Waals surface area contributed by atoms with Crippen molar-refractivity contribution in [3.05, 3.63) is 0 Å². The van der Waals surface area contributed by atoms with Crippen molar-refractivity contribution in [1.29, 1.82) is 5.26 Å². The minimum atomic E-state index is -0.0786. The summed E-state index contributed by atoms with van der Waals surface area (Å²) in [7, 11) is 0. The van der Waals surface area contributed by atoms with E-state index in [1.807, 2.05) is 0 Å². The quantitative estimate of drug-likeness (QED) is 0.701. The van der Waals surface area contributed by atoms with E-state index >= 15 is 0 Å². The van der Waals surface area contributed by atoms with Gasteiger partial charge in [0.15, 0.2) is 6.29 Å². The molecule has 0 bridgehead atoms. The van der Waals surface area contributed by atoms with Gasteiger partial charge in [-0.3, -0.25) is 0 Å². The lowest BCUT2D eigenvalue weighted by molar-refractivity contribution is -0.249. The summed E-state index contributed by atoms with van der Waals surface area (Å²) in [5.74, 6) is 0.699. The first-order chi connectivity index (χ1) is 9.83. The summed E-state index contributed by atoms with van der Waals surface area (Å²) in [5, 5.41) is 8.91. The van der Waals surface area contributed by atoms with Crippen LogP contribution in [0.5, 0.6) is 0 Å². The maximum Gasteiger partial charge on any atom is 0.160 e. The predicted molar refractivity (Wildman–Crippen MR) is 76.0 cm³/mol. The van der Waals surface area contributed by atoms with Crippen molar-refractivity contribution >= 4 is 0 Å². The van der Waals surface area contributed by atoms with Gasteiger partial charge in [0.1, 0.15) is 6.10 Å². The zero-order valence-corrected chi connectivity index (χ0v) is 12.6. The van der Waals surface area contributed by atoms with Gasteiger partial charge in [0, 0.05) is 18.4 Å². The van der Waals surface area contributed by atoms with Crippen molar-refractivity contribution in [2.45, 2.75) is 64.3 Å². The van der Waals surface area contributed by atoms with Gasteiger partial charge in [0.05, 0.1) is 19.3 Å². The molecule has 0 atom stereocenters. The fourth-order valence-corrected chi connectivity index (χ4v) is 2.99. The van der Waals surface area contributed by atoms with E-state index in [0.717, 1.165) is 38.7 Å². The van der Waals surface area contributed by atoms with E-state index in [-0.39, 0.29) is 18.3 Å². The number of hydrogen-bond acceptors (Lipinski definition) is 4. The maximum absolute atomic E-state index is 8.91. The molecule has 0 aromatic heterocycles. The summed E-state index contributed by atoms with van der Waals surface area (Å²) in [6, 6.07) is 2.37. The van der Waals surface area contributed by atoms with Gasteiger partial charge in [-0.05, 0) is 32.1 Å². The molecule has 20 heavy (non-hydrogen) atoms. The molecule has 2 fully saturated rings. The topological polar surface area (TPSA) is 51.5 Å². The number of nitriles is 1. The molecule has 1 aliphatic carbocycles. The predicted octanol–water partition coefficient (Wildman–Crippen LogP) is 3.26. The Labute approximate surface area is 122 Å². The van der Waals surface area contributed by atoms with Crippen LogP contribution in [0.1, 0.15) is 51.9 Å². The Bertz CT molecular complexity index is 299. The Hall–Kier alpha value is -0.630. The van der Waals surface area contributed by atoms with Crippen molar-refractivity contribution in [2.75, 3.05) is 19.8 Å². The summed E-state index contributed by atoms with van der Waals surface area (Å²) >= 11 is 0. The Morgan fingerprint density at radius 3 is 2.40 bits per heavy atom. The highest BCUT2D eigenvalue weighted by molar-refractivity contribution is 4.88. The molecule has 1 saturated carbocycles. The van der Waals surface area contributed by atoms with Crippen molar-refractivity contribution in [1.82, 2.24) is 0 Å². The molecule has 1 aliphatic heterocycles. The first-order valence-electron chi connectivity index (χ1n) is 8.08. The average Bonchev–Trinajstić information content (AvgIpc) is 2.52. The Kier molecular flexibility index (Phi) is 6.78. The van der Waals surface area contributed by atoms with Crippen LogP contribution >= 0.6 is 0 Å². The highest BCUT2D eigenvalue weighted by Gasteiger charge is 2.32. The van der Waals surface area contributed by atoms with Crippen molar-refractivity contribution in [2.24, 2.45) is 11.8 Å². The molecule has 1 saturated heterocycles. The molecule has 0 radical (unpaired) electrons. The lowest BCUT2D eigenvalue weighted by atomic mass is 9.82. The van der Waals surface area contributed by atoms with E-state index in [1.54, 1.807) is 0 Å². The van der Waals surface area contributed by atoms with Crippen LogP contribution in [0.4, 0.5) is 0 Å². The average molecular weight is 281 g/mol. The van der Waals surface area contributed by atoms with Gasteiger partial charge in [-0.2, -0.15) is 5.26 Å². The number of ether oxygens (including phenoxy) is 3. The van der Waals surface area contributed by atoms with Gasteiger partial charge in [-0.15, -0.1) is 0 Å². The monoisotopic (exact) mass is 281 g/mol. The third-order valence-corrected chi connectivity index (χ3v) is 4.33. The van der Waals surface area contributed by atoms with Gasteiger partial charge in [0.2, 0.25) is 0 Å². The highest BCUT2D eigenvalue weighted by atomic mass is 16.7. The van der Waals surface area contributed by atoms with Crippen LogP contribution < -0.4 is 0 Å². The molecule has 114 valence electrons. The molecule has 4 heteroatoms. The van der Waals surface area contributed by atoms with Crippen molar-refractivity contribution in [3.63, 3.8) is 0 Å². The van der Waals surface area contributed by atoms with Crippen LogP contribution in [0.25, 0.3) is 0 Å². The molecule has 0 spiro atoms. The van der Waals surface area contributed by atoms with E-state index in [2.05, 4.69) is 13.0 Å². The number of unbranched alkanes of at least 4 members (excludes halogenated alkanes) is 2. The first-order valence-corrected chi connectivity index (χ1v) is 8.08. The van der Waals surface area contributed by atoms with Crippen LogP contribution in [0.15, 0.2) is 0 Å². The minimum Gasteiger partial charge on any atom is -0.373 e. The van der Waals surface area contributed by atoms with Gasteiger partial charge in [-0.25, -0.2) is 0 Å². The summed E-state index contributed by atoms with van der Waals surface area (Å²) < 4.78 is 17.4. The molecule has 4 nitrogen and oxygen atoms in total. The molecule has 0 aromatic rings. The standard InChI is InChI=1S/C16H27NO3/c1-2-3-4-9-18-15-11-19-16(20-12-15)14-7-5-13(10-17)6-8-14/h13-16H,2-9,11-12H2,1H3. The number of rotatable bonds is 6. The molecule has 2 aliphatic rings. The van der Waals surface area contributed by atoms with Crippen LogP contribution in [0.2, 0.25) is 0 Å². The maximum atomic E-state index is 8.91. The summed E-state index contributed by atoms with van der Waals surface area (Å²) in [4.78, 5) is 0. The number of nitrogens with zero attached hydrogens (tertiary/aromatic N) is 1. The van der Waals surface area contributed by atoms with Crippen molar-refractivity contribution < 1.29 is 14.2 Å². The van der Waals surface area contributed by atoms with Gasteiger partial charge >= 0.3 is 0 Å². The molecular formula is C16H27NO3. The van der Waals surface area contributed by atoms with E-state index in [0.29, 0.717) is 19.1 Å². The second kappa shape index (κ2) is 8.61. The zero-order valence-electron chi connectivity index (χ0n) is 12.6. The first kappa shape index (κ1) is 15.8. The smallest absolute Gasteiger partial charge is 0.160 e. The van der Waals surface area contributed by atoms with E-state index in [9.17, 15) is 0 Å². The summed E-state index contributed by atoms with van der Waals surface area (Å²) in [5.41, 5.74) is 0. The van der Waals surface area contributed by atoms with Crippen molar-refractivity contribution in [3.8, 4) is 6.07 Å². The van der Waals surface area contributed by atoms with Gasteiger partial charge in [0.25, 0.3) is 0 Å². The summed E-state index contributed by atoms with van der Waals surface area (Å²) in [6.45, 7) is 4.30. The third kappa shape index (κ3) is 4.73. The van der Waals surface area contributed by atoms with E-state index < -0.39 is 0 Å². The van der Waals surface area contributed by atoms with Gasteiger partial charge in [-0.1, -0.05) is 19.8 Å². The second-order valence-electron chi connectivity index (χ2n) is 5.98. The minimum absolute atomic E-state index is 0.0786. The second-order valence-corrected chi connectivity index (χ2v) is 5.98. The molecule has 0 unspecified atom stereocenters. The molecular weight excluding hydrogens is 254 g/mol. The fourth-order valence-electron chi connectivity index (χ4n) is 2.99. The lowest BCUT2D eigenvalue weighted by Crippen LogP contribution is -2.42. The third-order valence-electron chi connectivity index (χ3n) is 4.33. The van der Waals surface area contributed by atoms with Crippen LogP contribution in [0, 0.1) is 23.2 Å². The number of hydrogen-bond donors (Lipinski definition) is 0. The molecule has 1 heterocycles. The Balaban J connectivity index is 1.61. The largest absolute Gasteiger partial charge is 0.373 e. The van der Waals surface area contributed by atoms with Gasteiger partial charge < -0.3 is 14.2 Å². The zero-order chi connectivity index (χ0) is 14.2. The van der Waals surface area contributed by atoms with E-state index in [4.69, 9.17) is 19.5 Å². The fraction of sp³-hybridized carbons (Fsp3) is 0.938. The molecule has 0 aromatic carbocycles. The Morgan fingerprint density at radius 2 is 1.80 bits per heavy atom. The molecule has 2 rings (SSSR count). The normalized spacial score (nSPS) is 34.6. The Morgan fingerprint density at radius 1 is 1.10 bits per heavy atom. The van der Waals surface area contributed by atoms with Crippen LogP contribution in [0.3, 0.4) is 0 Å².